The van der Waals surface area contributed by atoms with Gasteiger partial charge >= 0.3 is 0 Å². The van der Waals surface area contributed by atoms with Gasteiger partial charge in [0.2, 0.25) is 6.79 Å². The standard InChI is InChI=1S/C19H21N3O3/c1-12-4-6-16(13(2)8-12)14(3)21-22-19(23)10-20-15-5-7-17-18(9-15)25-11-24-17/h4-9,20H,10-11H2,1-3H3,(H,22,23)/b21-14+. The van der Waals surface area contributed by atoms with Gasteiger partial charge in [-0.2, -0.15) is 5.10 Å². The van der Waals surface area contributed by atoms with Gasteiger partial charge in [0.25, 0.3) is 5.91 Å². The largest absolute Gasteiger partial charge is 0.454 e. The van der Waals surface area contributed by atoms with Crippen LogP contribution in [0.1, 0.15) is 23.6 Å². The van der Waals surface area contributed by atoms with E-state index in [0.717, 1.165) is 22.5 Å². The zero-order valence-electron chi connectivity index (χ0n) is 14.6. The number of ether oxygens (including phenoxy) is 2. The summed E-state index contributed by atoms with van der Waals surface area (Å²) in [7, 11) is 0. The lowest BCUT2D eigenvalue weighted by atomic mass is 10.0. The van der Waals surface area contributed by atoms with E-state index in [1.165, 1.54) is 5.56 Å². The summed E-state index contributed by atoms with van der Waals surface area (Å²) in [4.78, 5) is 12.0. The minimum absolute atomic E-state index is 0.114. The molecule has 25 heavy (non-hydrogen) atoms. The van der Waals surface area contributed by atoms with Gasteiger partial charge in [0.05, 0.1) is 12.3 Å². The third kappa shape index (κ3) is 4.09. The quantitative estimate of drug-likeness (QED) is 0.649. The monoisotopic (exact) mass is 339 g/mol. The maximum absolute atomic E-state index is 12.0. The Morgan fingerprint density at radius 1 is 1.12 bits per heavy atom. The van der Waals surface area contributed by atoms with Gasteiger partial charge in [0.1, 0.15) is 0 Å². The lowest BCUT2D eigenvalue weighted by molar-refractivity contribution is -0.119. The summed E-state index contributed by atoms with van der Waals surface area (Å²) in [5.74, 6) is 1.17. The second-order valence-corrected chi connectivity index (χ2v) is 5.97. The SMILES string of the molecule is C/C(=N\NC(=O)CNc1ccc2c(c1)OCO2)c1ccc(C)cc1C. The van der Waals surface area contributed by atoms with Crippen molar-refractivity contribution < 1.29 is 14.3 Å². The van der Waals surface area contributed by atoms with Crippen molar-refractivity contribution in [2.24, 2.45) is 5.10 Å². The first-order valence-electron chi connectivity index (χ1n) is 8.07. The first-order valence-corrected chi connectivity index (χ1v) is 8.07. The molecular weight excluding hydrogens is 318 g/mol. The second kappa shape index (κ2) is 7.25. The first kappa shape index (κ1) is 16.8. The number of nitrogens with zero attached hydrogens (tertiary/aromatic N) is 1. The highest BCUT2D eigenvalue weighted by Gasteiger charge is 2.13. The van der Waals surface area contributed by atoms with Gasteiger partial charge in [-0.3, -0.25) is 4.79 Å². The number of rotatable bonds is 5. The Bertz CT molecular complexity index is 831. The molecule has 3 rings (SSSR count). The molecule has 0 atom stereocenters. The van der Waals surface area contributed by atoms with Crippen molar-refractivity contribution in [2.45, 2.75) is 20.8 Å². The average Bonchev–Trinajstić information content (AvgIpc) is 3.05. The predicted molar refractivity (Wildman–Crippen MR) is 97.3 cm³/mol. The van der Waals surface area contributed by atoms with Crippen molar-refractivity contribution in [2.75, 3.05) is 18.7 Å². The first-order chi connectivity index (χ1) is 12.0. The van der Waals surface area contributed by atoms with Gasteiger partial charge in [-0.15, -0.1) is 0 Å². The number of benzene rings is 2. The molecule has 1 aliphatic heterocycles. The molecule has 1 amide bonds. The maximum Gasteiger partial charge on any atom is 0.259 e. The van der Waals surface area contributed by atoms with E-state index >= 15 is 0 Å². The second-order valence-electron chi connectivity index (χ2n) is 5.97. The van der Waals surface area contributed by atoms with E-state index in [9.17, 15) is 4.79 Å². The lowest BCUT2D eigenvalue weighted by Crippen LogP contribution is -2.26. The van der Waals surface area contributed by atoms with E-state index in [2.05, 4.69) is 21.9 Å². The van der Waals surface area contributed by atoms with Crippen molar-refractivity contribution in [1.82, 2.24) is 5.43 Å². The Kier molecular flexibility index (Phi) is 4.88. The van der Waals surface area contributed by atoms with E-state index in [1.54, 1.807) is 6.07 Å². The van der Waals surface area contributed by atoms with E-state index < -0.39 is 0 Å². The van der Waals surface area contributed by atoms with Gasteiger partial charge in [-0.1, -0.05) is 23.8 Å². The molecule has 6 heteroatoms. The minimum Gasteiger partial charge on any atom is -0.454 e. The Morgan fingerprint density at radius 3 is 2.72 bits per heavy atom. The zero-order valence-corrected chi connectivity index (χ0v) is 14.6. The molecule has 0 radical (unpaired) electrons. The summed E-state index contributed by atoms with van der Waals surface area (Å²) in [6, 6.07) is 11.6. The topological polar surface area (TPSA) is 72.0 Å². The number of carbonyl (C=O) groups is 1. The zero-order chi connectivity index (χ0) is 17.8. The summed E-state index contributed by atoms with van der Waals surface area (Å²) in [5.41, 5.74) is 7.49. The number of anilines is 1. The van der Waals surface area contributed by atoms with Crippen molar-refractivity contribution >= 4 is 17.3 Å². The lowest BCUT2D eigenvalue weighted by Gasteiger charge is -2.08. The average molecular weight is 339 g/mol. The number of nitrogens with one attached hydrogen (secondary N) is 2. The van der Waals surface area contributed by atoms with E-state index in [4.69, 9.17) is 9.47 Å². The summed E-state index contributed by atoms with van der Waals surface area (Å²) < 4.78 is 10.6. The molecule has 2 aromatic carbocycles. The van der Waals surface area contributed by atoms with Crippen LogP contribution in [0.4, 0.5) is 5.69 Å². The van der Waals surface area contributed by atoms with Crippen molar-refractivity contribution in [3.63, 3.8) is 0 Å². The molecule has 0 aliphatic carbocycles. The van der Waals surface area contributed by atoms with Gasteiger partial charge in [-0.05, 0) is 38.5 Å². The van der Waals surface area contributed by atoms with Crippen molar-refractivity contribution in [1.29, 1.82) is 0 Å². The summed E-state index contributed by atoms with van der Waals surface area (Å²) in [5, 5.41) is 7.23. The predicted octanol–water partition coefficient (Wildman–Crippen LogP) is 2.98. The van der Waals surface area contributed by atoms with E-state index in [0.29, 0.717) is 11.5 Å². The fourth-order valence-electron chi connectivity index (χ4n) is 2.65. The fourth-order valence-corrected chi connectivity index (χ4v) is 2.65. The summed E-state index contributed by atoms with van der Waals surface area (Å²) in [6.07, 6.45) is 0. The summed E-state index contributed by atoms with van der Waals surface area (Å²) >= 11 is 0. The molecule has 1 aliphatic rings. The molecule has 0 spiro atoms. The number of amides is 1. The van der Waals surface area contributed by atoms with Gasteiger partial charge in [-0.25, -0.2) is 5.43 Å². The molecular formula is C19H21N3O3. The van der Waals surface area contributed by atoms with Crippen LogP contribution in [0.25, 0.3) is 0 Å². The third-order valence-electron chi connectivity index (χ3n) is 3.95. The van der Waals surface area contributed by atoms with E-state index in [-0.39, 0.29) is 19.2 Å². The van der Waals surface area contributed by atoms with Gasteiger partial charge in [0.15, 0.2) is 11.5 Å². The third-order valence-corrected chi connectivity index (χ3v) is 3.95. The molecule has 0 unspecified atom stereocenters. The number of aryl methyl sites for hydroxylation is 2. The van der Waals surface area contributed by atoms with Crippen molar-refractivity contribution in [3.05, 3.63) is 53.1 Å². The van der Waals surface area contributed by atoms with Crippen LogP contribution in [0, 0.1) is 13.8 Å². The Balaban J connectivity index is 1.55. The van der Waals surface area contributed by atoms with Gasteiger partial charge in [0, 0.05) is 17.3 Å². The molecule has 6 nitrogen and oxygen atoms in total. The number of hydrazone groups is 1. The van der Waals surface area contributed by atoms with Crippen LogP contribution in [-0.4, -0.2) is 25.0 Å². The molecule has 0 fully saturated rings. The Morgan fingerprint density at radius 2 is 1.92 bits per heavy atom. The molecule has 0 bridgehead atoms. The number of fused-ring (bicyclic) bond motifs is 1. The molecule has 2 aromatic rings. The number of hydrogen-bond donors (Lipinski definition) is 2. The van der Waals surface area contributed by atoms with Crippen LogP contribution in [0.15, 0.2) is 41.5 Å². The van der Waals surface area contributed by atoms with Crippen LogP contribution >= 0.6 is 0 Å². The van der Waals surface area contributed by atoms with Crippen LogP contribution in [0.3, 0.4) is 0 Å². The highest BCUT2D eigenvalue weighted by molar-refractivity contribution is 6.00. The van der Waals surface area contributed by atoms with Crippen LogP contribution in [0.2, 0.25) is 0 Å². The minimum atomic E-state index is -0.221. The molecule has 2 N–H and O–H groups in total. The molecule has 0 saturated heterocycles. The van der Waals surface area contributed by atoms with Crippen molar-refractivity contribution in [3.8, 4) is 11.5 Å². The highest BCUT2D eigenvalue weighted by Crippen LogP contribution is 2.34. The molecule has 0 saturated carbocycles. The maximum atomic E-state index is 12.0. The normalized spacial score (nSPS) is 12.8. The summed E-state index contributed by atoms with van der Waals surface area (Å²) in [6.45, 7) is 6.30. The van der Waals surface area contributed by atoms with E-state index in [1.807, 2.05) is 45.0 Å². The number of carbonyl (C=O) groups excluding carboxylic acids is 1. The smallest absolute Gasteiger partial charge is 0.259 e. The van der Waals surface area contributed by atoms with Crippen LogP contribution in [0.5, 0.6) is 11.5 Å². The highest BCUT2D eigenvalue weighted by atomic mass is 16.7. The Hall–Kier alpha value is -3.02. The molecule has 0 aromatic heterocycles. The fraction of sp³-hybridized carbons (Fsp3) is 0.263. The Labute approximate surface area is 146 Å². The number of hydrogen-bond acceptors (Lipinski definition) is 5. The van der Waals surface area contributed by atoms with Crippen LogP contribution < -0.4 is 20.2 Å². The van der Waals surface area contributed by atoms with Crippen LogP contribution in [-0.2, 0) is 4.79 Å². The molecule has 1 heterocycles. The van der Waals surface area contributed by atoms with Gasteiger partial charge < -0.3 is 14.8 Å². The molecule has 130 valence electrons.